The first-order valence-electron chi connectivity index (χ1n) is 7.99. The van der Waals surface area contributed by atoms with Crippen molar-refractivity contribution in [3.8, 4) is 12.3 Å². The number of aliphatic imine (C=N–C) groups is 1. The second kappa shape index (κ2) is 7.06. The van der Waals surface area contributed by atoms with E-state index >= 15 is 0 Å². The number of rotatable bonds is 3. The lowest BCUT2D eigenvalue weighted by molar-refractivity contribution is 0.601. The van der Waals surface area contributed by atoms with Crippen LogP contribution in [0.1, 0.15) is 28.3 Å². The van der Waals surface area contributed by atoms with E-state index in [4.69, 9.17) is 16.7 Å². The van der Waals surface area contributed by atoms with E-state index in [0.29, 0.717) is 16.7 Å². The van der Waals surface area contributed by atoms with Crippen molar-refractivity contribution < 1.29 is 8.42 Å². The maximum atomic E-state index is 11.5. The van der Waals surface area contributed by atoms with Crippen LogP contribution in [0.2, 0.25) is 0 Å². The lowest BCUT2D eigenvalue weighted by atomic mass is 9.94. The number of nitrogens with one attached hydrogen (secondary N) is 2. The predicted octanol–water partition coefficient (Wildman–Crippen LogP) is 0.604. The Bertz CT molecular complexity index is 1160. The van der Waals surface area contributed by atoms with Gasteiger partial charge >= 0.3 is 0 Å². The van der Waals surface area contributed by atoms with Crippen LogP contribution in [0.15, 0.2) is 29.3 Å². The standard InChI is InChI=1S/C17H16N8O2S/c1-28(26,27)7-9-2-4-10(5-3-9)14-12-13(20)11(6-18)15(21)24-16(12)25-17(23-14)22-8-19/h2-5,14H,7H2,1H3,(H6,20,21,22,23,24,25). The van der Waals surface area contributed by atoms with E-state index in [9.17, 15) is 13.7 Å². The maximum absolute atomic E-state index is 11.5. The molecule has 0 saturated carbocycles. The first-order valence-corrected chi connectivity index (χ1v) is 10.0. The summed E-state index contributed by atoms with van der Waals surface area (Å²) in [5, 5.41) is 23.5. The zero-order valence-corrected chi connectivity index (χ0v) is 15.6. The Kier molecular flexibility index (Phi) is 4.78. The molecule has 0 bridgehead atoms. The average molecular weight is 396 g/mol. The molecule has 1 aliphatic rings. The van der Waals surface area contributed by atoms with Crippen LogP contribution in [0.25, 0.3) is 0 Å². The van der Waals surface area contributed by atoms with Gasteiger partial charge in [-0.2, -0.15) is 10.5 Å². The molecular formula is C17H16N8O2S. The number of hydrogen-bond acceptors (Lipinski definition) is 10. The van der Waals surface area contributed by atoms with Crippen molar-refractivity contribution in [3.63, 3.8) is 0 Å². The minimum absolute atomic E-state index is 0.0355. The number of guanidine groups is 1. The fourth-order valence-corrected chi connectivity index (χ4v) is 3.72. The topological polar surface area (TPSA) is 183 Å². The maximum Gasteiger partial charge on any atom is 0.211 e. The largest absolute Gasteiger partial charge is 0.397 e. The molecule has 1 aliphatic heterocycles. The summed E-state index contributed by atoms with van der Waals surface area (Å²) in [5.41, 5.74) is 13.9. The van der Waals surface area contributed by atoms with E-state index in [0.717, 1.165) is 6.26 Å². The van der Waals surface area contributed by atoms with Crippen molar-refractivity contribution >= 4 is 33.1 Å². The molecule has 1 aromatic heterocycles. The van der Waals surface area contributed by atoms with E-state index < -0.39 is 15.9 Å². The number of hydrogen-bond donors (Lipinski definition) is 4. The lowest BCUT2D eigenvalue weighted by Gasteiger charge is -2.26. The molecule has 6 N–H and O–H groups in total. The summed E-state index contributed by atoms with van der Waals surface area (Å²) in [5.74, 6) is 0.314. The van der Waals surface area contributed by atoms with E-state index in [2.05, 4.69) is 20.6 Å². The summed E-state index contributed by atoms with van der Waals surface area (Å²) in [6, 6.07) is 8.06. The molecule has 2 heterocycles. The Labute approximate surface area is 161 Å². The molecule has 2 aromatic rings. The molecule has 0 aliphatic carbocycles. The number of anilines is 3. The van der Waals surface area contributed by atoms with Gasteiger partial charge in [0.2, 0.25) is 5.96 Å². The van der Waals surface area contributed by atoms with Crippen LogP contribution in [0, 0.1) is 22.8 Å². The highest BCUT2D eigenvalue weighted by Gasteiger charge is 2.29. The molecule has 1 atom stereocenters. The van der Waals surface area contributed by atoms with Gasteiger partial charge in [-0.1, -0.05) is 24.3 Å². The molecule has 3 rings (SSSR count). The number of nitriles is 2. The molecule has 1 aromatic carbocycles. The van der Waals surface area contributed by atoms with Gasteiger partial charge in [-0.05, 0) is 11.1 Å². The molecule has 0 fully saturated rings. The summed E-state index contributed by atoms with van der Waals surface area (Å²) >= 11 is 0. The van der Waals surface area contributed by atoms with Gasteiger partial charge in [0.15, 0.2) is 16.0 Å². The molecule has 0 saturated heterocycles. The highest BCUT2D eigenvalue weighted by Crippen LogP contribution is 2.40. The van der Waals surface area contributed by atoms with Crippen molar-refractivity contribution in [2.75, 3.05) is 23.0 Å². The molecule has 28 heavy (non-hydrogen) atoms. The monoisotopic (exact) mass is 396 g/mol. The van der Waals surface area contributed by atoms with Crippen molar-refractivity contribution in [3.05, 3.63) is 46.5 Å². The number of nitrogen functional groups attached to an aromatic ring is 2. The van der Waals surface area contributed by atoms with Crippen molar-refractivity contribution in [2.24, 2.45) is 4.99 Å². The number of fused-ring (bicyclic) bond motifs is 1. The normalized spacial score (nSPS) is 15.4. The van der Waals surface area contributed by atoms with Crippen LogP contribution >= 0.6 is 0 Å². The fourth-order valence-electron chi connectivity index (χ4n) is 2.92. The van der Waals surface area contributed by atoms with Gasteiger partial charge in [-0.25, -0.2) is 18.4 Å². The summed E-state index contributed by atoms with van der Waals surface area (Å²) in [6.07, 6.45) is 2.94. The minimum Gasteiger partial charge on any atom is -0.397 e. The van der Waals surface area contributed by atoms with Crippen molar-refractivity contribution in [1.29, 1.82) is 10.5 Å². The van der Waals surface area contributed by atoms with Crippen molar-refractivity contribution in [2.45, 2.75) is 11.8 Å². The first kappa shape index (κ1) is 18.9. The van der Waals surface area contributed by atoms with Gasteiger partial charge in [-0.3, -0.25) is 5.32 Å². The Balaban J connectivity index is 2.12. The summed E-state index contributed by atoms with van der Waals surface area (Å²) < 4.78 is 23.0. The Morgan fingerprint density at radius 1 is 1.25 bits per heavy atom. The van der Waals surface area contributed by atoms with Crippen molar-refractivity contribution in [1.82, 2.24) is 10.3 Å². The molecule has 1 unspecified atom stereocenters. The van der Waals surface area contributed by atoms with Gasteiger partial charge in [0, 0.05) is 11.8 Å². The van der Waals surface area contributed by atoms with Gasteiger partial charge in [0.05, 0.1) is 11.4 Å². The van der Waals surface area contributed by atoms with Gasteiger partial charge in [-0.15, -0.1) is 0 Å². The van der Waals surface area contributed by atoms with E-state index in [-0.39, 0.29) is 34.6 Å². The number of nitrogens with zero attached hydrogens (tertiary/aromatic N) is 4. The molecular weight excluding hydrogens is 380 g/mol. The number of aromatic nitrogens is 1. The number of pyridine rings is 1. The second-order valence-electron chi connectivity index (χ2n) is 6.21. The second-order valence-corrected chi connectivity index (χ2v) is 8.35. The summed E-state index contributed by atoms with van der Waals surface area (Å²) in [7, 11) is -3.16. The third-order valence-corrected chi connectivity index (χ3v) is 4.94. The summed E-state index contributed by atoms with van der Waals surface area (Å²) in [6.45, 7) is 0. The van der Waals surface area contributed by atoms with Crippen LogP contribution in [0.5, 0.6) is 0 Å². The van der Waals surface area contributed by atoms with E-state index in [1.807, 2.05) is 6.07 Å². The average Bonchev–Trinajstić information content (AvgIpc) is 2.61. The smallest absolute Gasteiger partial charge is 0.211 e. The Morgan fingerprint density at radius 2 is 1.93 bits per heavy atom. The van der Waals surface area contributed by atoms with Crippen LogP contribution in [0.3, 0.4) is 0 Å². The molecule has 142 valence electrons. The number of benzene rings is 1. The van der Waals surface area contributed by atoms with Crippen LogP contribution in [-0.4, -0.2) is 25.6 Å². The van der Waals surface area contributed by atoms with Crippen LogP contribution < -0.4 is 22.1 Å². The predicted molar refractivity (Wildman–Crippen MR) is 104 cm³/mol. The SMILES string of the molecule is CS(=O)(=O)Cc1ccc(C2N=C(NC#N)Nc3nc(N)c(C#N)c(N)c32)cc1. The minimum atomic E-state index is -3.16. The highest BCUT2D eigenvalue weighted by atomic mass is 32.2. The molecule has 11 heteroatoms. The lowest BCUT2D eigenvalue weighted by Crippen LogP contribution is -2.32. The van der Waals surface area contributed by atoms with Gasteiger partial charge < -0.3 is 16.8 Å². The fraction of sp³-hybridized carbons (Fsp3) is 0.176. The molecule has 0 radical (unpaired) electrons. The van der Waals surface area contributed by atoms with Gasteiger partial charge in [0.25, 0.3) is 0 Å². The highest BCUT2D eigenvalue weighted by molar-refractivity contribution is 7.89. The van der Waals surface area contributed by atoms with Crippen LogP contribution in [-0.2, 0) is 15.6 Å². The first-order chi connectivity index (χ1) is 13.2. The Morgan fingerprint density at radius 3 is 2.50 bits per heavy atom. The van der Waals surface area contributed by atoms with Gasteiger partial charge in [0.1, 0.15) is 29.3 Å². The quantitative estimate of drug-likeness (QED) is 0.426. The zero-order valence-electron chi connectivity index (χ0n) is 14.8. The zero-order chi connectivity index (χ0) is 20.5. The summed E-state index contributed by atoms with van der Waals surface area (Å²) in [4.78, 5) is 8.61. The molecule has 0 amide bonds. The number of nitrogens with two attached hydrogens (primary N) is 2. The van der Waals surface area contributed by atoms with Crippen LogP contribution in [0.4, 0.5) is 17.3 Å². The molecule has 10 nitrogen and oxygen atoms in total. The Hall–Kier alpha value is -3.83. The van der Waals surface area contributed by atoms with E-state index in [1.165, 1.54) is 0 Å². The molecule has 0 spiro atoms. The third kappa shape index (κ3) is 3.65. The third-order valence-electron chi connectivity index (χ3n) is 4.08. The van der Waals surface area contributed by atoms with E-state index in [1.54, 1.807) is 30.5 Å². The number of sulfone groups is 1.